The summed E-state index contributed by atoms with van der Waals surface area (Å²) >= 11 is 1.16. The maximum absolute atomic E-state index is 11.2. The molecule has 5 nitrogen and oxygen atoms in total. The largest absolute Gasteiger partial charge is 0.391 e. The van der Waals surface area contributed by atoms with Gasteiger partial charge in [0.15, 0.2) is 0 Å². The molecule has 2 rings (SSSR count). The van der Waals surface area contributed by atoms with Crippen molar-refractivity contribution in [3.63, 3.8) is 0 Å². The van der Waals surface area contributed by atoms with Crippen molar-refractivity contribution in [2.45, 2.75) is 12.5 Å². The van der Waals surface area contributed by atoms with E-state index in [0.29, 0.717) is 11.7 Å². The molecule has 64 valence electrons. The average Bonchev–Trinajstić information content (AvgIpc) is 2.58. The molecule has 1 N–H and O–H groups in total. The van der Waals surface area contributed by atoms with Crippen LogP contribution in [0, 0.1) is 0 Å². The van der Waals surface area contributed by atoms with Gasteiger partial charge in [-0.2, -0.15) is 4.37 Å². The van der Waals surface area contributed by atoms with Crippen LogP contribution in [-0.2, 0) is 4.79 Å². The van der Waals surface area contributed by atoms with Gasteiger partial charge in [-0.1, -0.05) is 0 Å². The van der Waals surface area contributed by atoms with Gasteiger partial charge in [-0.3, -0.25) is 9.69 Å². The van der Waals surface area contributed by atoms with Crippen molar-refractivity contribution in [1.82, 2.24) is 9.36 Å². The molecule has 0 saturated carbocycles. The van der Waals surface area contributed by atoms with E-state index in [0.717, 1.165) is 11.5 Å². The summed E-state index contributed by atoms with van der Waals surface area (Å²) in [6.45, 7) is 0.341. The third-order valence-electron chi connectivity index (χ3n) is 1.69. The van der Waals surface area contributed by atoms with Crippen LogP contribution in [0.3, 0.4) is 0 Å². The first-order chi connectivity index (χ1) is 5.77. The molecule has 1 aliphatic heterocycles. The molecule has 2 heterocycles. The number of nitrogens with zero attached hydrogens (tertiary/aromatic N) is 3. The number of aliphatic hydroxyl groups is 1. The van der Waals surface area contributed by atoms with E-state index in [1.54, 1.807) is 0 Å². The van der Waals surface area contributed by atoms with Gasteiger partial charge in [-0.15, -0.1) is 0 Å². The van der Waals surface area contributed by atoms with E-state index in [2.05, 4.69) is 9.36 Å². The Kier molecular flexibility index (Phi) is 1.78. The number of carbonyl (C=O) groups is 1. The molecule has 1 atom stereocenters. The number of β-amino-alcohol motifs (C(OH)–C–C–N with tert-alkyl or cyclic N) is 1. The SMILES string of the molecule is O=C1CC(O)CN1c1ncns1. The van der Waals surface area contributed by atoms with Crippen LogP contribution in [-0.4, -0.2) is 33.0 Å². The second-order valence-electron chi connectivity index (χ2n) is 2.59. The minimum absolute atomic E-state index is 0.0840. The van der Waals surface area contributed by atoms with Gasteiger partial charge in [0.2, 0.25) is 11.0 Å². The Morgan fingerprint density at radius 3 is 3.08 bits per heavy atom. The summed E-state index contributed by atoms with van der Waals surface area (Å²) in [7, 11) is 0. The van der Waals surface area contributed by atoms with E-state index < -0.39 is 6.10 Å². The monoisotopic (exact) mass is 185 g/mol. The van der Waals surface area contributed by atoms with E-state index in [-0.39, 0.29) is 12.3 Å². The van der Waals surface area contributed by atoms with E-state index in [1.807, 2.05) is 0 Å². The van der Waals surface area contributed by atoms with Gasteiger partial charge in [0.1, 0.15) is 6.33 Å². The van der Waals surface area contributed by atoms with Crippen molar-refractivity contribution < 1.29 is 9.90 Å². The van der Waals surface area contributed by atoms with Gasteiger partial charge < -0.3 is 5.11 Å². The number of carbonyl (C=O) groups excluding carboxylic acids is 1. The first kappa shape index (κ1) is 7.63. The van der Waals surface area contributed by atoms with Gasteiger partial charge in [-0.25, -0.2) is 4.98 Å². The van der Waals surface area contributed by atoms with Crippen LogP contribution in [0.25, 0.3) is 0 Å². The molecule has 0 bridgehead atoms. The predicted molar refractivity (Wildman–Crippen MR) is 42.9 cm³/mol. The fourth-order valence-electron chi connectivity index (χ4n) is 1.16. The summed E-state index contributed by atoms with van der Waals surface area (Å²) in [5.41, 5.74) is 0. The molecule has 0 aliphatic carbocycles. The lowest BCUT2D eigenvalue weighted by Crippen LogP contribution is -2.24. The number of hydrogen-bond donors (Lipinski definition) is 1. The maximum atomic E-state index is 11.2. The highest BCUT2D eigenvalue weighted by atomic mass is 32.1. The predicted octanol–water partition coefficient (Wildman–Crippen LogP) is -0.364. The Bertz CT molecular complexity index is 287. The zero-order valence-corrected chi connectivity index (χ0v) is 6.99. The van der Waals surface area contributed by atoms with Gasteiger partial charge in [-0.05, 0) is 0 Å². The van der Waals surface area contributed by atoms with E-state index in [4.69, 9.17) is 5.11 Å². The van der Waals surface area contributed by atoms with Gasteiger partial charge >= 0.3 is 0 Å². The number of aliphatic hydroxyl groups excluding tert-OH is 1. The second-order valence-corrected chi connectivity index (χ2v) is 3.34. The number of aromatic nitrogens is 2. The Labute approximate surface area is 72.8 Å². The molecule has 0 aromatic carbocycles. The molecular formula is C6H7N3O2S. The fraction of sp³-hybridized carbons (Fsp3) is 0.500. The molecule has 12 heavy (non-hydrogen) atoms. The molecule has 0 spiro atoms. The van der Waals surface area contributed by atoms with Gasteiger partial charge in [0.05, 0.1) is 19.1 Å². The maximum Gasteiger partial charge on any atom is 0.231 e. The lowest BCUT2D eigenvalue weighted by Gasteiger charge is -2.09. The van der Waals surface area contributed by atoms with Crippen molar-refractivity contribution in [2.75, 3.05) is 11.4 Å². The molecule has 1 unspecified atom stereocenters. The van der Waals surface area contributed by atoms with Crippen LogP contribution >= 0.6 is 11.5 Å². The van der Waals surface area contributed by atoms with E-state index >= 15 is 0 Å². The zero-order valence-electron chi connectivity index (χ0n) is 6.17. The zero-order chi connectivity index (χ0) is 8.55. The molecule has 1 aliphatic rings. The molecule has 1 amide bonds. The molecule has 1 aromatic rings. The van der Waals surface area contributed by atoms with E-state index in [1.165, 1.54) is 11.2 Å². The highest BCUT2D eigenvalue weighted by Gasteiger charge is 2.30. The fourth-order valence-corrected chi connectivity index (χ4v) is 1.72. The van der Waals surface area contributed by atoms with Crippen LogP contribution in [0.1, 0.15) is 6.42 Å². The summed E-state index contributed by atoms with van der Waals surface area (Å²) in [5.74, 6) is -0.0840. The Balaban J connectivity index is 2.21. The summed E-state index contributed by atoms with van der Waals surface area (Å²) in [6.07, 6.45) is 1.04. The topological polar surface area (TPSA) is 66.3 Å². The Morgan fingerprint density at radius 1 is 1.75 bits per heavy atom. The standard InChI is InChI=1S/C6H7N3O2S/c10-4-1-5(11)9(2-4)6-7-3-8-12-6/h3-4,10H,1-2H2. The first-order valence-electron chi connectivity index (χ1n) is 3.52. The third kappa shape index (κ3) is 1.19. The molecule has 1 fully saturated rings. The molecule has 0 radical (unpaired) electrons. The second kappa shape index (κ2) is 2.80. The van der Waals surface area contributed by atoms with Crippen molar-refractivity contribution in [2.24, 2.45) is 0 Å². The highest BCUT2D eigenvalue weighted by Crippen LogP contribution is 2.21. The summed E-state index contributed by atoms with van der Waals surface area (Å²) in [6, 6.07) is 0. The molecular weight excluding hydrogens is 178 g/mol. The van der Waals surface area contributed by atoms with Crippen molar-refractivity contribution >= 4 is 22.6 Å². The van der Waals surface area contributed by atoms with Crippen LogP contribution in [0.2, 0.25) is 0 Å². The minimum atomic E-state index is -0.554. The van der Waals surface area contributed by atoms with Gasteiger partial charge in [0, 0.05) is 11.5 Å². The van der Waals surface area contributed by atoms with Gasteiger partial charge in [0.25, 0.3) is 0 Å². The lowest BCUT2D eigenvalue weighted by molar-refractivity contribution is -0.117. The lowest BCUT2D eigenvalue weighted by atomic mass is 10.3. The number of amides is 1. The normalized spacial score (nSPS) is 23.6. The molecule has 6 heteroatoms. The van der Waals surface area contributed by atoms with E-state index in [9.17, 15) is 4.79 Å². The van der Waals surface area contributed by atoms with Crippen LogP contribution < -0.4 is 4.90 Å². The summed E-state index contributed by atoms with van der Waals surface area (Å²) in [5, 5.41) is 9.73. The van der Waals surface area contributed by atoms with Crippen molar-refractivity contribution in [3.05, 3.63) is 6.33 Å². The smallest absolute Gasteiger partial charge is 0.231 e. The van der Waals surface area contributed by atoms with Crippen LogP contribution in [0.15, 0.2) is 6.33 Å². The Hall–Kier alpha value is -1.01. The van der Waals surface area contributed by atoms with Crippen LogP contribution in [0.5, 0.6) is 0 Å². The number of hydrogen-bond acceptors (Lipinski definition) is 5. The minimum Gasteiger partial charge on any atom is -0.391 e. The first-order valence-corrected chi connectivity index (χ1v) is 4.30. The summed E-state index contributed by atoms with van der Waals surface area (Å²) < 4.78 is 3.78. The highest BCUT2D eigenvalue weighted by molar-refractivity contribution is 7.09. The number of anilines is 1. The average molecular weight is 185 g/mol. The van der Waals surface area contributed by atoms with Crippen molar-refractivity contribution in [1.29, 1.82) is 0 Å². The number of rotatable bonds is 1. The Morgan fingerprint density at radius 2 is 2.58 bits per heavy atom. The molecule has 1 aromatic heterocycles. The summed E-state index contributed by atoms with van der Waals surface area (Å²) in [4.78, 5) is 16.5. The van der Waals surface area contributed by atoms with Crippen LogP contribution in [0.4, 0.5) is 5.13 Å². The quantitative estimate of drug-likeness (QED) is 0.648. The van der Waals surface area contributed by atoms with Crippen molar-refractivity contribution in [3.8, 4) is 0 Å². The molecule has 1 saturated heterocycles. The third-order valence-corrected chi connectivity index (χ3v) is 2.37.